The van der Waals surface area contributed by atoms with E-state index in [-0.39, 0.29) is 17.6 Å². The number of carbonyl (C=O) groups excluding carboxylic acids is 1. The Kier molecular flexibility index (Phi) is 6.92. The van der Waals surface area contributed by atoms with E-state index in [0.717, 1.165) is 25.3 Å². The number of halogens is 3. The van der Waals surface area contributed by atoms with Gasteiger partial charge < -0.3 is 18.9 Å². The Balaban J connectivity index is 1.60. The van der Waals surface area contributed by atoms with Crippen LogP contribution in [0.5, 0.6) is 11.5 Å². The summed E-state index contributed by atoms with van der Waals surface area (Å²) in [5.74, 6) is 0.504. The average molecular weight is 520 g/mol. The van der Waals surface area contributed by atoms with Crippen LogP contribution in [0.1, 0.15) is 47.8 Å². The summed E-state index contributed by atoms with van der Waals surface area (Å²) >= 11 is 6.81. The summed E-state index contributed by atoms with van der Waals surface area (Å²) in [5.41, 5.74) is 0.628. The second kappa shape index (κ2) is 10.3. The zero-order chi connectivity index (χ0) is 25.2. The minimum absolute atomic E-state index is 0.0356. The number of rotatable bonds is 6. The number of benzene rings is 1. The second-order valence-corrected chi connectivity index (χ2v) is 8.80. The molecule has 0 aliphatic carbocycles. The fourth-order valence-corrected chi connectivity index (χ4v) is 4.87. The highest BCUT2D eigenvalue weighted by atomic mass is 35.5. The van der Waals surface area contributed by atoms with E-state index in [0.29, 0.717) is 53.9 Å². The van der Waals surface area contributed by atoms with Crippen molar-refractivity contribution in [1.82, 2.24) is 19.6 Å². The van der Waals surface area contributed by atoms with Gasteiger partial charge in [0.1, 0.15) is 30.2 Å². The molecule has 2 aliphatic rings. The van der Waals surface area contributed by atoms with Crippen molar-refractivity contribution >= 4 is 34.5 Å². The molecule has 0 spiro atoms. The number of alkyl halides is 2. The van der Waals surface area contributed by atoms with E-state index >= 15 is 0 Å². The molecular weight excluding hydrogens is 496 g/mol. The summed E-state index contributed by atoms with van der Waals surface area (Å²) in [4.78, 5) is 27.0. The van der Waals surface area contributed by atoms with Gasteiger partial charge >= 0.3 is 0 Å². The molecule has 2 aromatic heterocycles. The summed E-state index contributed by atoms with van der Waals surface area (Å²) in [6.45, 7) is 5.58. The molecule has 1 N–H and O–H groups in total. The molecule has 0 radical (unpaired) electrons. The molecule has 36 heavy (non-hydrogen) atoms. The number of anilines is 1. The lowest BCUT2D eigenvalue weighted by Crippen LogP contribution is -2.29. The van der Waals surface area contributed by atoms with Gasteiger partial charge in [0.15, 0.2) is 11.5 Å². The van der Waals surface area contributed by atoms with Crippen LogP contribution in [0.15, 0.2) is 37.2 Å². The molecule has 1 atom stereocenters. The van der Waals surface area contributed by atoms with Crippen molar-refractivity contribution < 1.29 is 27.9 Å². The quantitative estimate of drug-likeness (QED) is 0.450. The Hall–Kier alpha value is -3.44. The van der Waals surface area contributed by atoms with Gasteiger partial charge in [-0.15, -0.1) is 5.06 Å². The second-order valence-electron chi connectivity index (χ2n) is 8.42. The Morgan fingerprint density at radius 1 is 1.31 bits per heavy atom. The highest BCUT2D eigenvalue weighted by Crippen LogP contribution is 2.45. The third-order valence-corrected chi connectivity index (χ3v) is 6.47. The number of carbonyl (C=O) groups is 1. The summed E-state index contributed by atoms with van der Waals surface area (Å²) in [7, 11) is 0. The van der Waals surface area contributed by atoms with Crippen molar-refractivity contribution in [2.45, 2.75) is 31.7 Å². The van der Waals surface area contributed by atoms with Gasteiger partial charge in [-0.2, -0.15) is 0 Å². The van der Waals surface area contributed by atoms with Gasteiger partial charge in [0.25, 0.3) is 12.3 Å². The molecule has 12 heteroatoms. The first-order chi connectivity index (χ1) is 17.5. The highest BCUT2D eigenvalue weighted by molar-refractivity contribution is 6.37. The summed E-state index contributed by atoms with van der Waals surface area (Å²) in [5, 5.41) is 4.90. The van der Waals surface area contributed by atoms with E-state index in [1.165, 1.54) is 18.5 Å². The van der Waals surface area contributed by atoms with Crippen molar-refractivity contribution in [1.29, 1.82) is 0 Å². The van der Waals surface area contributed by atoms with Gasteiger partial charge in [0, 0.05) is 24.4 Å². The summed E-state index contributed by atoms with van der Waals surface area (Å²) in [6, 6.07) is 3.97. The Morgan fingerprint density at radius 3 is 2.94 bits per heavy atom. The average Bonchev–Trinajstić information content (AvgIpc) is 3.07. The number of nitrogens with one attached hydrogen (secondary N) is 1. The maximum atomic E-state index is 13.1. The first kappa shape index (κ1) is 24.3. The lowest BCUT2D eigenvalue weighted by atomic mass is 10.1. The van der Waals surface area contributed by atoms with Crippen LogP contribution in [-0.2, 0) is 4.84 Å². The molecule has 4 heterocycles. The fourth-order valence-electron chi connectivity index (χ4n) is 4.54. The number of hydrogen-bond acceptors (Lipinski definition) is 7. The summed E-state index contributed by atoms with van der Waals surface area (Å²) in [6.07, 6.45) is 2.32. The van der Waals surface area contributed by atoms with Crippen LogP contribution in [0.3, 0.4) is 0 Å². The Labute approximate surface area is 210 Å². The van der Waals surface area contributed by atoms with E-state index < -0.39 is 18.0 Å². The highest BCUT2D eigenvalue weighted by Gasteiger charge is 2.30. The number of amides is 1. The minimum atomic E-state index is -2.80. The van der Waals surface area contributed by atoms with Gasteiger partial charge in [-0.25, -0.2) is 13.8 Å². The van der Waals surface area contributed by atoms with Crippen LogP contribution in [0, 0.1) is 0 Å². The largest absolute Gasteiger partial charge is 0.486 e. The van der Waals surface area contributed by atoms with Crippen molar-refractivity contribution in [3.8, 4) is 11.5 Å². The number of fused-ring (bicyclic) bond motifs is 2. The van der Waals surface area contributed by atoms with Crippen LogP contribution in [0.2, 0.25) is 5.02 Å². The minimum Gasteiger partial charge on any atom is -0.486 e. The molecule has 190 valence electrons. The van der Waals surface area contributed by atoms with Gasteiger partial charge in [0.05, 0.1) is 23.6 Å². The van der Waals surface area contributed by atoms with Crippen LogP contribution in [0.4, 0.5) is 14.7 Å². The van der Waals surface area contributed by atoms with E-state index in [1.807, 2.05) is 4.57 Å². The van der Waals surface area contributed by atoms with E-state index in [2.05, 4.69) is 21.9 Å². The lowest BCUT2D eigenvalue weighted by Gasteiger charge is -2.26. The molecule has 1 fully saturated rings. The summed E-state index contributed by atoms with van der Waals surface area (Å²) < 4.78 is 39.6. The number of hydrogen-bond donors (Lipinski definition) is 1. The molecule has 2 aliphatic heterocycles. The lowest BCUT2D eigenvalue weighted by molar-refractivity contribution is -0.106. The molecular formula is C24H24ClF2N5O4. The van der Waals surface area contributed by atoms with E-state index in [1.54, 1.807) is 11.1 Å². The van der Waals surface area contributed by atoms with Gasteiger partial charge in [0.2, 0.25) is 5.95 Å². The molecule has 9 nitrogen and oxygen atoms in total. The number of hydroxylamine groups is 2. The molecule has 1 aromatic carbocycles. The molecule has 0 saturated carbocycles. The number of imidazole rings is 1. The van der Waals surface area contributed by atoms with Crippen LogP contribution in [0.25, 0.3) is 11.0 Å². The number of aromatic nitrogens is 3. The molecule has 5 rings (SSSR count). The number of nitrogens with zero attached hydrogens (tertiary/aromatic N) is 4. The Morgan fingerprint density at radius 2 is 2.14 bits per heavy atom. The standard InChI is InChI=1S/C24H24ClF2N5O4/c1-2-36-31-8-4-3-5-15(13-31)32-20-16(12-18-21(19(20)25)35-10-9-34-18)29-24(32)30-23(33)14-6-7-28-17(11-14)22(26)27/h2,6-7,11-12,15,22H,1,3-5,8-10,13H2,(H,29,30,33). The van der Waals surface area contributed by atoms with Crippen molar-refractivity contribution in [2.24, 2.45) is 0 Å². The fraction of sp³-hybridized carbons (Fsp3) is 0.375. The van der Waals surface area contributed by atoms with Gasteiger partial charge in [-0.3, -0.25) is 15.1 Å². The maximum absolute atomic E-state index is 13.1. The molecule has 3 aromatic rings. The van der Waals surface area contributed by atoms with Crippen molar-refractivity contribution in [3.63, 3.8) is 0 Å². The first-order valence-electron chi connectivity index (χ1n) is 11.5. The maximum Gasteiger partial charge on any atom is 0.280 e. The zero-order valence-electron chi connectivity index (χ0n) is 19.3. The third-order valence-electron chi connectivity index (χ3n) is 6.11. The smallest absolute Gasteiger partial charge is 0.280 e. The number of ether oxygens (including phenoxy) is 2. The van der Waals surface area contributed by atoms with Crippen LogP contribution < -0.4 is 14.8 Å². The first-order valence-corrected chi connectivity index (χ1v) is 11.9. The van der Waals surface area contributed by atoms with Crippen molar-refractivity contribution in [3.05, 3.63) is 53.5 Å². The Bertz CT molecular complexity index is 1300. The predicted molar refractivity (Wildman–Crippen MR) is 129 cm³/mol. The van der Waals surface area contributed by atoms with Gasteiger partial charge in [-0.1, -0.05) is 18.2 Å². The monoisotopic (exact) mass is 519 g/mol. The number of pyridine rings is 1. The molecule has 1 amide bonds. The van der Waals surface area contributed by atoms with E-state index in [4.69, 9.17) is 25.9 Å². The SMILES string of the molecule is C=CON1CCCCC(n2c(NC(=O)c3ccnc(C(F)F)c3)nc3cc4c(c(Cl)c32)OCCO4)C1. The van der Waals surface area contributed by atoms with Crippen LogP contribution in [-0.4, -0.2) is 51.8 Å². The zero-order valence-corrected chi connectivity index (χ0v) is 20.0. The normalized spacial score (nSPS) is 18.2. The topological polar surface area (TPSA) is 90.7 Å². The van der Waals surface area contributed by atoms with Gasteiger partial charge in [-0.05, 0) is 31.4 Å². The third kappa shape index (κ3) is 4.68. The molecule has 1 saturated heterocycles. The predicted octanol–water partition coefficient (Wildman–Crippen LogP) is 5.15. The van der Waals surface area contributed by atoms with E-state index in [9.17, 15) is 13.6 Å². The molecule has 0 bridgehead atoms. The van der Waals surface area contributed by atoms with Crippen molar-refractivity contribution in [2.75, 3.05) is 31.6 Å². The van der Waals surface area contributed by atoms with Crippen LogP contribution >= 0.6 is 11.6 Å². The molecule has 1 unspecified atom stereocenters.